The predicted octanol–water partition coefficient (Wildman–Crippen LogP) is 4.09. The van der Waals surface area contributed by atoms with Crippen LogP contribution in [0.2, 0.25) is 0 Å². The highest BCUT2D eigenvalue weighted by Crippen LogP contribution is 2.37. The second kappa shape index (κ2) is 6.68. The number of carbonyl (C=O) groups is 2. The van der Waals surface area contributed by atoms with Crippen LogP contribution < -0.4 is 10.2 Å². The normalized spacial score (nSPS) is 13.0. The summed E-state index contributed by atoms with van der Waals surface area (Å²) in [4.78, 5) is 31.0. The Morgan fingerprint density at radius 3 is 2.96 bits per heavy atom. The van der Waals surface area contributed by atoms with Crippen molar-refractivity contribution in [3.8, 4) is 0 Å². The van der Waals surface area contributed by atoms with E-state index in [-0.39, 0.29) is 18.2 Å². The van der Waals surface area contributed by atoms with Gasteiger partial charge in [-0.3, -0.25) is 14.5 Å². The summed E-state index contributed by atoms with van der Waals surface area (Å²) in [5, 5.41) is 2.80. The van der Waals surface area contributed by atoms with Gasteiger partial charge in [-0.05, 0) is 36.8 Å². The van der Waals surface area contributed by atoms with Crippen LogP contribution in [-0.2, 0) is 4.79 Å². The Kier molecular flexibility index (Phi) is 4.63. The molecule has 0 radical (unpaired) electrons. The van der Waals surface area contributed by atoms with E-state index >= 15 is 0 Å². The van der Waals surface area contributed by atoms with E-state index in [9.17, 15) is 9.59 Å². The molecule has 0 spiro atoms. The van der Waals surface area contributed by atoms with E-state index in [0.717, 1.165) is 4.47 Å². The van der Waals surface area contributed by atoms with Gasteiger partial charge in [-0.15, -0.1) is 11.6 Å². The maximum absolute atomic E-state index is 12.7. The van der Waals surface area contributed by atoms with Crippen LogP contribution in [0.5, 0.6) is 0 Å². The molecule has 0 saturated carbocycles. The minimum atomic E-state index is -0.275. The average Bonchev–Trinajstić information content (AvgIpc) is 2.67. The third-order valence-electron chi connectivity index (χ3n) is 3.46. The molecule has 1 aliphatic rings. The Morgan fingerprint density at radius 2 is 2.17 bits per heavy atom. The number of rotatable bonds is 3. The minimum Gasteiger partial charge on any atom is -0.319 e. The molecule has 0 atom stereocenters. The summed E-state index contributed by atoms with van der Waals surface area (Å²) in [5.41, 5.74) is 1.43. The smallest absolute Gasteiger partial charge is 0.257 e. The number of hydrogen-bond donors (Lipinski definition) is 1. The van der Waals surface area contributed by atoms with Gasteiger partial charge in [0, 0.05) is 23.0 Å². The Hall–Kier alpha value is -1.92. The molecule has 2 aromatic rings. The monoisotopic (exact) mass is 393 g/mol. The molecule has 1 aromatic carbocycles. The van der Waals surface area contributed by atoms with Gasteiger partial charge in [0.25, 0.3) is 5.91 Å². The number of pyridine rings is 1. The molecule has 5 nitrogen and oxygen atoms in total. The SMILES string of the molecule is O=C1Nc2cccnc2N(C(=O)CCCCl)c2ccc(Br)cc21. The molecule has 118 valence electrons. The molecular weight excluding hydrogens is 382 g/mol. The summed E-state index contributed by atoms with van der Waals surface area (Å²) in [7, 11) is 0. The molecule has 2 amide bonds. The lowest BCUT2D eigenvalue weighted by molar-refractivity contribution is -0.117. The zero-order valence-corrected chi connectivity index (χ0v) is 14.4. The highest BCUT2D eigenvalue weighted by atomic mass is 79.9. The van der Waals surface area contributed by atoms with Crippen LogP contribution in [0, 0.1) is 0 Å². The maximum atomic E-state index is 12.7. The number of nitrogens with zero attached hydrogens (tertiary/aromatic N) is 2. The fourth-order valence-corrected chi connectivity index (χ4v) is 2.94. The topological polar surface area (TPSA) is 62.3 Å². The number of amides is 2. The molecule has 1 aromatic heterocycles. The van der Waals surface area contributed by atoms with Gasteiger partial charge < -0.3 is 5.32 Å². The van der Waals surface area contributed by atoms with Gasteiger partial charge in [-0.1, -0.05) is 15.9 Å². The van der Waals surface area contributed by atoms with Gasteiger partial charge in [-0.2, -0.15) is 0 Å². The molecule has 0 saturated heterocycles. The lowest BCUT2D eigenvalue weighted by Crippen LogP contribution is -2.27. The van der Waals surface area contributed by atoms with Crippen molar-refractivity contribution in [3.63, 3.8) is 0 Å². The number of alkyl halides is 1. The lowest BCUT2D eigenvalue weighted by atomic mass is 10.1. The van der Waals surface area contributed by atoms with E-state index in [4.69, 9.17) is 11.6 Å². The summed E-state index contributed by atoms with van der Waals surface area (Å²) in [6, 6.07) is 8.66. The third-order valence-corrected chi connectivity index (χ3v) is 4.22. The largest absolute Gasteiger partial charge is 0.319 e. The number of benzene rings is 1. The summed E-state index contributed by atoms with van der Waals surface area (Å²) in [6.45, 7) is 0. The molecule has 0 aliphatic carbocycles. The second-order valence-electron chi connectivity index (χ2n) is 5.01. The molecule has 1 aliphatic heterocycles. The lowest BCUT2D eigenvalue weighted by Gasteiger charge is -2.22. The van der Waals surface area contributed by atoms with Crippen molar-refractivity contribution in [1.29, 1.82) is 0 Å². The van der Waals surface area contributed by atoms with Crippen LogP contribution >= 0.6 is 27.5 Å². The van der Waals surface area contributed by atoms with Gasteiger partial charge in [0.15, 0.2) is 5.82 Å². The van der Waals surface area contributed by atoms with Crippen molar-refractivity contribution in [2.45, 2.75) is 12.8 Å². The Bertz CT molecular complexity index is 782. The zero-order valence-electron chi connectivity index (χ0n) is 12.1. The van der Waals surface area contributed by atoms with E-state index < -0.39 is 0 Å². The van der Waals surface area contributed by atoms with E-state index in [1.165, 1.54) is 4.90 Å². The fourth-order valence-electron chi connectivity index (χ4n) is 2.44. The first kappa shape index (κ1) is 16.0. The minimum absolute atomic E-state index is 0.148. The highest BCUT2D eigenvalue weighted by molar-refractivity contribution is 9.10. The number of aromatic nitrogens is 1. The van der Waals surface area contributed by atoms with Crippen LogP contribution in [0.4, 0.5) is 17.2 Å². The second-order valence-corrected chi connectivity index (χ2v) is 6.31. The van der Waals surface area contributed by atoms with Crippen molar-refractivity contribution < 1.29 is 9.59 Å². The van der Waals surface area contributed by atoms with Crippen molar-refractivity contribution in [1.82, 2.24) is 4.98 Å². The van der Waals surface area contributed by atoms with E-state index in [1.807, 2.05) is 0 Å². The van der Waals surface area contributed by atoms with Gasteiger partial charge in [-0.25, -0.2) is 4.98 Å². The molecule has 1 N–H and O–H groups in total. The van der Waals surface area contributed by atoms with Gasteiger partial charge >= 0.3 is 0 Å². The predicted molar refractivity (Wildman–Crippen MR) is 93.4 cm³/mol. The van der Waals surface area contributed by atoms with Gasteiger partial charge in [0.2, 0.25) is 5.91 Å². The first-order valence-corrected chi connectivity index (χ1v) is 8.39. The summed E-state index contributed by atoms with van der Waals surface area (Å²) in [5.74, 6) is 0.398. The third kappa shape index (κ3) is 3.09. The summed E-state index contributed by atoms with van der Waals surface area (Å²) >= 11 is 9.06. The van der Waals surface area contributed by atoms with Crippen LogP contribution in [0.15, 0.2) is 41.0 Å². The number of nitrogens with one attached hydrogen (secondary N) is 1. The maximum Gasteiger partial charge on any atom is 0.257 e. The molecule has 0 bridgehead atoms. The van der Waals surface area contributed by atoms with Crippen LogP contribution in [0.25, 0.3) is 0 Å². The first-order chi connectivity index (χ1) is 11.1. The average molecular weight is 395 g/mol. The molecule has 23 heavy (non-hydrogen) atoms. The number of anilines is 3. The van der Waals surface area contributed by atoms with E-state index in [1.54, 1.807) is 36.5 Å². The van der Waals surface area contributed by atoms with Crippen molar-refractivity contribution in [2.75, 3.05) is 16.1 Å². The molecule has 2 heterocycles. The molecular formula is C16H13BrClN3O2. The van der Waals surface area contributed by atoms with E-state index in [0.29, 0.717) is 35.1 Å². The summed E-state index contributed by atoms with van der Waals surface area (Å²) in [6.07, 6.45) is 2.44. The van der Waals surface area contributed by atoms with Gasteiger partial charge in [0.1, 0.15) is 0 Å². The quantitative estimate of drug-likeness (QED) is 0.798. The highest BCUT2D eigenvalue weighted by Gasteiger charge is 2.30. The van der Waals surface area contributed by atoms with Crippen molar-refractivity contribution in [2.24, 2.45) is 0 Å². The molecule has 0 fully saturated rings. The summed E-state index contributed by atoms with van der Waals surface area (Å²) < 4.78 is 0.762. The van der Waals surface area contributed by atoms with Crippen LogP contribution in [0.1, 0.15) is 23.2 Å². The first-order valence-electron chi connectivity index (χ1n) is 7.06. The number of halogens is 2. The standard InChI is InChI=1S/C16H13BrClN3O2/c17-10-5-6-13-11(9-10)16(23)20-12-3-2-8-19-15(12)21(13)14(22)4-1-7-18/h2-3,5-6,8-9H,1,4,7H2,(H,20,23). The molecule has 0 unspecified atom stereocenters. The van der Waals surface area contributed by atoms with Gasteiger partial charge in [0.05, 0.1) is 16.9 Å². The Morgan fingerprint density at radius 1 is 1.35 bits per heavy atom. The van der Waals surface area contributed by atoms with Crippen molar-refractivity contribution >= 4 is 56.5 Å². The Balaban J connectivity index is 2.18. The van der Waals surface area contributed by atoms with Crippen LogP contribution in [0.3, 0.4) is 0 Å². The van der Waals surface area contributed by atoms with E-state index in [2.05, 4.69) is 26.2 Å². The fraction of sp³-hybridized carbons (Fsp3) is 0.188. The molecule has 7 heteroatoms. The van der Waals surface area contributed by atoms with Crippen molar-refractivity contribution in [3.05, 3.63) is 46.6 Å². The number of fused-ring (bicyclic) bond motifs is 2. The molecule has 3 rings (SSSR count). The van der Waals surface area contributed by atoms with Crippen LogP contribution in [-0.4, -0.2) is 22.7 Å². The number of hydrogen-bond acceptors (Lipinski definition) is 3. The Labute approximate surface area is 146 Å². The number of carbonyl (C=O) groups excluding carboxylic acids is 2. The zero-order chi connectivity index (χ0) is 16.4.